The topological polar surface area (TPSA) is 25.4 Å². The SMILES string of the molecule is C[C@@H]1C[C@@]1(COc1cccnc1)N(C)Cc1ccccc1. The van der Waals surface area contributed by atoms with Gasteiger partial charge in [-0.1, -0.05) is 37.3 Å². The average Bonchev–Trinajstić information content (AvgIpc) is 3.19. The molecular weight excluding hydrogens is 260 g/mol. The van der Waals surface area contributed by atoms with Gasteiger partial charge in [-0.05, 0) is 37.1 Å². The molecule has 0 spiro atoms. The van der Waals surface area contributed by atoms with E-state index in [-0.39, 0.29) is 5.54 Å². The fourth-order valence-corrected chi connectivity index (χ4v) is 2.97. The number of rotatable bonds is 6. The molecule has 3 rings (SSSR count). The molecule has 1 aromatic carbocycles. The van der Waals surface area contributed by atoms with Crippen LogP contribution in [-0.4, -0.2) is 29.1 Å². The average molecular weight is 282 g/mol. The third kappa shape index (κ3) is 3.08. The second-order valence-electron chi connectivity index (χ2n) is 6.03. The van der Waals surface area contributed by atoms with Gasteiger partial charge < -0.3 is 4.74 Å². The second-order valence-corrected chi connectivity index (χ2v) is 6.03. The van der Waals surface area contributed by atoms with Crippen LogP contribution in [0.3, 0.4) is 0 Å². The van der Waals surface area contributed by atoms with E-state index < -0.39 is 0 Å². The zero-order chi connectivity index (χ0) is 14.7. The first-order valence-electron chi connectivity index (χ1n) is 7.49. The summed E-state index contributed by atoms with van der Waals surface area (Å²) in [6.45, 7) is 3.98. The van der Waals surface area contributed by atoms with Gasteiger partial charge in [-0.15, -0.1) is 0 Å². The highest BCUT2D eigenvalue weighted by molar-refractivity contribution is 5.19. The Balaban J connectivity index is 1.63. The standard InChI is InChI=1S/C18H22N2O/c1-15-11-18(15,14-21-17-9-6-10-19-12-17)20(2)13-16-7-4-3-5-8-16/h3-10,12,15H,11,13-14H2,1-2H3/t15-,18+/m1/s1. The molecule has 1 aromatic heterocycles. The summed E-state index contributed by atoms with van der Waals surface area (Å²) < 4.78 is 5.96. The maximum atomic E-state index is 5.96. The molecule has 1 aliphatic rings. The van der Waals surface area contributed by atoms with Gasteiger partial charge in [0.15, 0.2) is 0 Å². The summed E-state index contributed by atoms with van der Waals surface area (Å²) in [7, 11) is 2.20. The smallest absolute Gasteiger partial charge is 0.137 e. The van der Waals surface area contributed by atoms with Crippen LogP contribution in [0, 0.1) is 5.92 Å². The molecule has 0 unspecified atom stereocenters. The summed E-state index contributed by atoms with van der Waals surface area (Å²) in [5, 5.41) is 0. The number of nitrogens with zero attached hydrogens (tertiary/aromatic N) is 2. The van der Waals surface area contributed by atoms with Gasteiger partial charge in [0.2, 0.25) is 0 Å². The second kappa shape index (κ2) is 5.86. The van der Waals surface area contributed by atoms with Crippen LogP contribution in [0.15, 0.2) is 54.9 Å². The largest absolute Gasteiger partial charge is 0.490 e. The maximum Gasteiger partial charge on any atom is 0.137 e. The zero-order valence-corrected chi connectivity index (χ0v) is 12.7. The molecule has 1 saturated carbocycles. The molecule has 1 fully saturated rings. The number of likely N-dealkylation sites (N-methyl/N-ethyl adjacent to an activating group) is 1. The van der Waals surface area contributed by atoms with E-state index in [1.807, 2.05) is 12.1 Å². The van der Waals surface area contributed by atoms with Crippen LogP contribution in [0.1, 0.15) is 18.9 Å². The van der Waals surface area contributed by atoms with Gasteiger partial charge in [-0.2, -0.15) is 0 Å². The Morgan fingerprint density at radius 1 is 1.24 bits per heavy atom. The summed E-state index contributed by atoms with van der Waals surface area (Å²) >= 11 is 0. The number of benzene rings is 1. The van der Waals surface area contributed by atoms with Gasteiger partial charge in [0, 0.05) is 12.7 Å². The lowest BCUT2D eigenvalue weighted by atomic mass is 10.1. The van der Waals surface area contributed by atoms with E-state index in [1.165, 1.54) is 12.0 Å². The normalized spacial score (nSPS) is 24.0. The third-order valence-corrected chi connectivity index (χ3v) is 4.56. The maximum absolute atomic E-state index is 5.96. The van der Waals surface area contributed by atoms with E-state index in [0.717, 1.165) is 18.9 Å². The molecule has 3 heteroatoms. The van der Waals surface area contributed by atoms with Crippen molar-refractivity contribution in [2.45, 2.75) is 25.4 Å². The van der Waals surface area contributed by atoms with Crippen LogP contribution in [0.2, 0.25) is 0 Å². The monoisotopic (exact) mass is 282 g/mol. The van der Waals surface area contributed by atoms with Crippen molar-refractivity contribution in [1.29, 1.82) is 0 Å². The van der Waals surface area contributed by atoms with Crippen molar-refractivity contribution >= 4 is 0 Å². The molecule has 2 aromatic rings. The van der Waals surface area contributed by atoms with E-state index in [4.69, 9.17) is 4.74 Å². The molecule has 1 aliphatic carbocycles. The number of ether oxygens (including phenoxy) is 1. The van der Waals surface area contributed by atoms with Crippen LogP contribution < -0.4 is 4.74 Å². The van der Waals surface area contributed by atoms with Crippen molar-refractivity contribution < 1.29 is 4.74 Å². The minimum Gasteiger partial charge on any atom is -0.490 e. The minimum atomic E-state index is 0.158. The highest BCUT2D eigenvalue weighted by Crippen LogP contribution is 2.48. The summed E-state index contributed by atoms with van der Waals surface area (Å²) in [6.07, 6.45) is 4.73. The molecule has 110 valence electrons. The molecule has 3 nitrogen and oxygen atoms in total. The van der Waals surface area contributed by atoms with Gasteiger partial charge in [0.25, 0.3) is 0 Å². The first-order chi connectivity index (χ1) is 10.2. The van der Waals surface area contributed by atoms with E-state index in [1.54, 1.807) is 12.4 Å². The van der Waals surface area contributed by atoms with Gasteiger partial charge in [-0.25, -0.2) is 0 Å². The molecule has 0 radical (unpaired) electrons. The van der Waals surface area contributed by atoms with Crippen molar-refractivity contribution in [3.05, 3.63) is 60.4 Å². The van der Waals surface area contributed by atoms with E-state index >= 15 is 0 Å². The Labute approximate surface area is 126 Å². The van der Waals surface area contributed by atoms with Gasteiger partial charge in [0.1, 0.15) is 12.4 Å². The van der Waals surface area contributed by atoms with Gasteiger partial charge in [0.05, 0.1) is 11.7 Å². The lowest BCUT2D eigenvalue weighted by Crippen LogP contribution is -2.40. The van der Waals surface area contributed by atoms with Crippen LogP contribution in [0.4, 0.5) is 0 Å². The number of hydrogen-bond acceptors (Lipinski definition) is 3. The molecular formula is C18H22N2O. The predicted molar refractivity (Wildman–Crippen MR) is 84.2 cm³/mol. The first-order valence-corrected chi connectivity index (χ1v) is 7.49. The third-order valence-electron chi connectivity index (χ3n) is 4.56. The summed E-state index contributed by atoms with van der Waals surface area (Å²) in [5.41, 5.74) is 1.51. The summed E-state index contributed by atoms with van der Waals surface area (Å²) in [5.74, 6) is 1.52. The number of aromatic nitrogens is 1. The van der Waals surface area contributed by atoms with Gasteiger partial charge >= 0.3 is 0 Å². The zero-order valence-electron chi connectivity index (χ0n) is 12.7. The van der Waals surface area contributed by atoms with E-state index in [2.05, 4.69) is 54.2 Å². The van der Waals surface area contributed by atoms with Gasteiger partial charge in [-0.3, -0.25) is 9.88 Å². The Hall–Kier alpha value is -1.87. The molecule has 2 atom stereocenters. The predicted octanol–water partition coefficient (Wildman–Crippen LogP) is 3.37. The molecule has 0 amide bonds. The minimum absolute atomic E-state index is 0.158. The van der Waals surface area contributed by atoms with Crippen molar-refractivity contribution in [2.24, 2.45) is 5.92 Å². The Morgan fingerprint density at radius 2 is 2.00 bits per heavy atom. The van der Waals surface area contributed by atoms with Crippen molar-refractivity contribution in [1.82, 2.24) is 9.88 Å². The molecule has 21 heavy (non-hydrogen) atoms. The van der Waals surface area contributed by atoms with Crippen LogP contribution >= 0.6 is 0 Å². The first kappa shape index (κ1) is 14.1. The lowest BCUT2D eigenvalue weighted by Gasteiger charge is -2.29. The van der Waals surface area contributed by atoms with Crippen LogP contribution in [0.25, 0.3) is 0 Å². The highest BCUT2D eigenvalue weighted by atomic mass is 16.5. The Morgan fingerprint density at radius 3 is 2.62 bits per heavy atom. The van der Waals surface area contributed by atoms with Crippen LogP contribution in [-0.2, 0) is 6.54 Å². The summed E-state index contributed by atoms with van der Waals surface area (Å²) in [4.78, 5) is 6.53. The Bertz CT molecular complexity index is 572. The Kier molecular flexibility index (Phi) is 3.93. The van der Waals surface area contributed by atoms with E-state index in [9.17, 15) is 0 Å². The number of hydrogen-bond donors (Lipinski definition) is 0. The van der Waals surface area contributed by atoms with E-state index in [0.29, 0.717) is 5.92 Å². The quantitative estimate of drug-likeness (QED) is 0.812. The molecule has 1 heterocycles. The van der Waals surface area contributed by atoms with Crippen molar-refractivity contribution in [3.63, 3.8) is 0 Å². The lowest BCUT2D eigenvalue weighted by molar-refractivity contribution is 0.125. The molecule has 0 aliphatic heterocycles. The van der Waals surface area contributed by atoms with Crippen molar-refractivity contribution in [2.75, 3.05) is 13.7 Å². The molecule has 0 N–H and O–H groups in total. The molecule has 0 saturated heterocycles. The highest BCUT2D eigenvalue weighted by Gasteiger charge is 2.54. The van der Waals surface area contributed by atoms with Crippen molar-refractivity contribution in [3.8, 4) is 5.75 Å². The fourth-order valence-electron chi connectivity index (χ4n) is 2.97. The molecule has 0 bridgehead atoms. The van der Waals surface area contributed by atoms with Crippen LogP contribution in [0.5, 0.6) is 5.75 Å². The fraction of sp³-hybridized carbons (Fsp3) is 0.389. The summed E-state index contributed by atoms with van der Waals surface area (Å²) in [6, 6.07) is 14.5. The number of pyridine rings is 1.